The topological polar surface area (TPSA) is 72.2 Å². The van der Waals surface area contributed by atoms with E-state index in [1.807, 2.05) is 30.5 Å². The predicted molar refractivity (Wildman–Crippen MR) is 71.1 cm³/mol. The number of benzene rings is 1. The van der Waals surface area contributed by atoms with Gasteiger partial charge in [0.1, 0.15) is 0 Å². The molecule has 4 nitrogen and oxygen atoms in total. The minimum absolute atomic E-state index is 0. The molecule has 0 saturated heterocycles. The fraction of sp³-hybridized carbons (Fsp3) is 0.273. The van der Waals surface area contributed by atoms with Crippen LogP contribution in [0.3, 0.4) is 0 Å². The second-order valence-corrected chi connectivity index (χ2v) is 5.79. The summed E-state index contributed by atoms with van der Waals surface area (Å²) in [7, 11) is -3.52. The summed E-state index contributed by atoms with van der Waals surface area (Å²) in [6, 6.07) is 5.62. The van der Waals surface area contributed by atoms with Gasteiger partial charge in [0.15, 0.2) is 0 Å². The number of nitrogens with one attached hydrogen (secondary N) is 1. The number of fused-ring (bicyclic) bond motifs is 1. The number of halogens is 1. The minimum Gasteiger partial charge on any atom is -0.387 e. The molecule has 1 aliphatic heterocycles. The van der Waals surface area contributed by atoms with Crippen molar-refractivity contribution in [1.29, 1.82) is 0 Å². The molecular weight excluding hydrogens is 260 g/mol. The third kappa shape index (κ3) is 3.00. The average Bonchev–Trinajstić information content (AvgIpc) is 2.26. The molecule has 6 heteroatoms. The normalized spacial score (nSPS) is 15.4. The highest BCUT2D eigenvalue weighted by Gasteiger charge is 2.18. The molecule has 1 aliphatic rings. The summed E-state index contributed by atoms with van der Waals surface area (Å²) in [6.45, 7) is 2.37. The van der Waals surface area contributed by atoms with E-state index in [-0.39, 0.29) is 12.4 Å². The fourth-order valence-electron chi connectivity index (χ4n) is 1.69. The number of rotatable bonds is 2. The second-order valence-electron chi connectivity index (χ2n) is 3.90. The number of sulfonamides is 1. The molecule has 94 valence electrons. The van der Waals surface area contributed by atoms with Crippen molar-refractivity contribution < 1.29 is 8.42 Å². The van der Waals surface area contributed by atoms with Gasteiger partial charge in [-0.3, -0.25) is 0 Å². The second kappa shape index (κ2) is 5.08. The first-order valence-corrected chi connectivity index (χ1v) is 6.64. The lowest BCUT2D eigenvalue weighted by molar-refractivity contribution is 0.588. The smallest absolute Gasteiger partial charge is 0.215 e. The van der Waals surface area contributed by atoms with Gasteiger partial charge in [-0.2, -0.15) is 0 Å². The summed E-state index contributed by atoms with van der Waals surface area (Å²) in [5, 5.41) is 7.56. The van der Waals surface area contributed by atoms with Crippen molar-refractivity contribution in [2.24, 2.45) is 5.14 Å². The van der Waals surface area contributed by atoms with E-state index < -0.39 is 15.3 Å². The Balaban J connectivity index is 0.00000144. The van der Waals surface area contributed by atoms with Crippen molar-refractivity contribution in [3.05, 3.63) is 41.1 Å². The van der Waals surface area contributed by atoms with Gasteiger partial charge < -0.3 is 5.32 Å². The largest absolute Gasteiger partial charge is 0.387 e. The van der Waals surface area contributed by atoms with E-state index in [1.54, 1.807) is 6.92 Å². The van der Waals surface area contributed by atoms with Gasteiger partial charge in [-0.05, 0) is 35.9 Å². The molecule has 0 bridgehead atoms. The number of hydrogen-bond donors (Lipinski definition) is 2. The molecule has 2 rings (SSSR count). The van der Waals surface area contributed by atoms with Crippen LogP contribution in [0.15, 0.2) is 24.4 Å². The first-order valence-electron chi connectivity index (χ1n) is 5.03. The molecule has 0 aliphatic carbocycles. The van der Waals surface area contributed by atoms with Crippen LogP contribution in [0, 0.1) is 0 Å². The number of nitrogens with two attached hydrogens (primary N) is 1. The van der Waals surface area contributed by atoms with Crippen LogP contribution in [0.2, 0.25) is 0 Å². The Morgan fingerprint density at radius 1 is 1.41 bits per heavy atom. The molecule has 17 heavy (non-hydrogen) atoms. The molecule has 3 N–H and O–H groups in total. The van der Waals surface area contributed by atoms with Crippen molar-refractivity contribution in [3.8, 4) is 0 Å². The Labute approximate surface area is 107 Å². The predicted octanol–water partition coefficient (Wildman–Crippen LogP) is 1.53. The van der Waals surface area contributed by atoms with Gasteiger partial charge in [0.05, 0.1) is 5.25 Å². The minimum atomic E-state index is -3.52. The van der Waals surface area contributed by atoms with Gasteiger partial charge in [-0.1, -0.05) is 18.2 Å². The van der Waals surface area contributed by atoms with Crippen LogP contribution in [0.5, 0.6) is 0 Å². The van der Waals surface area contributed by atoms with Crippen LogP contribution in [-0.4, -0.2) is 8.42 Å². The molecule has 0 spiro atoms. The van der Waals surface area contributed by atoms with Crippen LogP contribution in [0.25, 0.3) is 6.08 Å². The van der Waals surface area contributed by atoms with Crippen LogP contribution < -0.4 is 10.5 Å². The lowest BCUT2D eigenvalue weighted by Gasteiger charge is -2.15. The van der Waals surface area contributed by atoms with E-state index in [0.29, 0.717) is 0 Å². The maximum atomic E-state index is 11.2. The maximum absolute atomic E-state index is 11.2. The Morgan fingerprint density at radius 3 is 2.76 bits per heavy atom. The number of primary sulfonamides is 1. The third-order valence-electron chi connectivity index (χ3n) is 2.81. The molecule has 0 fully saturated rings. The van der Waals surface area contributed by atoms with Crippen LogP contribution in [-0.2, 0) is 16.6 Å². The average molecular weight is 275 g/mol. The van der Waals surface area contributed by atoms with E-state index in [9.17, 15) is 8.42 Å². The summed E-state index contributed by atoms with van der Waals surface area (Å²) in [6.07, 6.45) is 3.78. The Hall–Kier alpha value is -1.04. The van der Waals surface area contributed by atoms with Gasteiger partial charge in [0.25, 0.3) is 0 Å². The van der Waals surface area contributed by atoms with Crippen LogP contribution >= 0.6 is 12.4 Å². The Kier molecular flexibility index (Phi) is 4.19. The first-order chi connectivity index (χ1) is 7.48. The van der Waals surface area contributed by atoms with Gasteiger partial charge >= 0.3 is 0 Å². The molecule has 0 radical (unpaired) electrons. The molecule has 0 amide bonds. The molecule has 0 aromatic heterocycles. The Morgan fingerprint density at radius 2 is 2.12 bits per heavy atom. The maximum Gasteiger partial charge on any atom is 0.215 e. The van der Waals surface area contributed by atoms with E-state index in [4.69, 9.17) is 5.14 Å². The molecule has 1 aromatic rings. The highest BCUT2D eigenvalue weighted by molar-refractivity contribution is 7.89. The van der Waals surface area contributed by atoms with Gasteiger partial charge in [0.2, 0.25) is 10.0 Å². The SMILES string of the molecule is CC(c1ccc2c(c1)C=CNC2)S(N)(=O)=O.Cl. The molecule has 1 heterocycles. The first kappa shape index (κ1) is 14.0. The van der Waals surface area contributed by atoms with Crippen molar-refractivity contribution >= 4 is 28.5 Å². The van der Waals surface area contributed by atoms with Crippen LogP contribution in [0.4, 0.5) is 0 Å². The van der Waals surface area contributed by atoms with Crippen molar-refractivity contribution in [1.82, 2.24) is 5.32 Å². The lowest BCUT2D eigenvalue weighted by Crippen LogP contribution is -2.19. The van der Waals surface area contributed by atoms with Crippen molar-refractivity contribution in [2.75, 3.05) is 0 Å². The summed E-state index contributed by atoms with van der Waals surface area (Å²) >= 11 is 0. The monoisotopic (exact) mass is 274 g/mol. The van der Waals surface area contributed by atoms with Gasteiger partial charge in [-0.25, -0.2) is 13.6 Å². The zero-order chi connectivity index (χ0) is 11.8. The highest BCUT2D eigenvalue weighted by Crippen LogP contribution is 2.24. The van der Waals surface area contributed by atoms with Gasteiger partial charge in [-0.15, -0.1) is 12.4 Å². The van der Waals surface area contributed by atoms with E-state index in [2.05, 4.69) is 5.32 Å². The molecule has 1 aromatic carbocycles. The summed E-state index contributed by atoms with van der Waals surface area (Å²) in [4.78, 5) is 0. The molecule has 0 saturated carbocycles. The van der Waals surface area contributed by atoms with Gasteiger partial charge in [0, 0.05) is 6.54 Å². The summed E-state index contributed by atoms with van der Waals surface area (Å²) in [5.74, 6) is 0. The fourth-order valence-corrected chi connectivity index (χ4v) is 2.22. The van der Waals surface area contributed by atoms with Crippen molar-refractivity contribution in [3.63, 3.8) is 0 Å². The summed E-state index contributed by atoms with van der Waals surface area (Å²) in [5.41, 5.74) is 2.94. The molecular formula is C11H15ClN2O2S. The molecule has 1 unspecified atom stereocenters. The summed E-state index contributed by atoms with van der Waals surface area (Å²) < 4.78 is 22.5. The standard InChI is InChI=1S/C11H14N2O2S.ClH/c1-8(16(12,14)15)9-2-3-11-7-13-5-4-10(11)6-9;/h2-6,8,13H,7H2,1H3,(H2,12,14,15);1H. The third-order valence-corrected chi connectivity index (χ3v) is 4.06. The quantitative estimate of drug-likeness (QED) is 0.859. The highest BCUT2D eigenvalue weighted by atomic mass is 35.5. The van der Waals surface area contributed by atoms with E-state index in [0.717, 1.165) is 23.2 Å². The van der Waals surface area contributed by atoms with Crippen LogP contribution in [0.1, 0.15) is 28.9 Å². The van der Waals surface area contributed by atoms with E-state index in [1.165, 1.54) is 0 Å². The zero-order valence-electron chi connectivity index (χ0n) is 9.38. The molecule has 1 atom stereocenters. The lowest BCUT2D eigenvalue weighted by atomic mass is 10.0. The number of hydrogen-bond acceptors (Lipinski definition) is 3. The van der Waals surface area contributed by atoms with Crippen molar-refractivity contribution in [2.45, 2.75) is 18.7 Å². The van der Waals surface area contributed by atoms with E-state index >= 15 is 0 Å². The Bertz CT molecular complexity index is 540. The zero-order valence-corrected chi connectivity index (χ0v) is 11.0.